The lowest BCUT2D eigenvalue weighted by atomic mass is 9.95. The Morgan fingerprint density at radius 3 is 2.47 bits per heavy atom. The molecule has 1 aromatic carbocycles. The molecule has 3 heterocycles. The van der Waals surface area contributed by atoms with E-state index in [-0.39, 0.29) is 11.6 Å². The van der Waals surface area contributed by atoms with Crippen molar-refractivity contribution in [1.82, 2.24) is 35.0 Å². The second kappa shape index (κ2) is 8.75. The van der Waals surface area contributed by atoms with Crippen LogP contribution in [0.1, 0.15) is 66.7 Å². The number of fused-ring (bicyclic) bond motifs is 1. The Morgan fingerprint density at radius 2 is 1.72 bits per heavy atom. The highest BCUT2D eigenvalue weighted by Crippen LogP contribution is 2.33. The van der Waals surface area contributed by atoms with Crippen LogP contribution >= 0.6 is 0 Å². The van der Waals surface area contributed by atoms with Gasteiger partial charge in [0, 0.05) is 37.3 Å². The van der Waals surface area contributed by atoms with E-state index < -0.39 is 0 Å². The maximum Gasteiger partial charge on any atom is 0.253 e. The summed E-state index contributed by atoms with van der Waals surface area (Å²) < 4.78 is 2.02. The highest BCUT2D eigenvalue weighted by atomic mass is 16.1. The normalized spacial score (nSPS) is 20.1. The maximum absolute atomic E-state index is 13.4. The standard InChI is InChI=1S/C24H33N7O/c1-16-13-18-15-20(24(32)25-21(18)14-17(16)2)22(30-11-9-29(3)10-12-30)23-26-27-28-31(23)19-7-5-4-6-8-19/h13-15,19,22H,4-12H2,1-3H3,(H,25,32). The molecular weight excluding hydrogens is 402 g/mol. The molecule has 1 saturated carbocycles. The summed E-state index contributed by atoms with van der Waals surface area (Å²) in [6.45, 7) is 7.87. The third-order valence-corrected chi connectivity index (χ3v) is 7.37. The molecule has 1 aliphatic carbocycles. The van der Waals surface area contributed by atoms with Gasteiger partial charge in [0.2, 0.25) is 0 Å². The number of H-pyrrole nitrogens is 1. The average Bonchev–Trinajstić information content (AvgIpc) is 3.27. The Morgan fingerprint density at radius 1 is 1.00 bits per heavy atom. The van der Waals surface area contributed by atoms with Gasteiger partial charge in [0.25, 0.3) is 5.56 Å². The molecule has 3 aromatic rings. The van der Waals surface area contributed by atoms with Crippen molar-refractivity contribution in [2.75, 3.05) is 33.2 Å². The van der Waals surface area contributed by atoms with Crippen LogP contribution in [0.25, 0.3) is 10.9 Å². The van der Waals surface area contributed by atoms with E-state index in [4.69, 9.17) is 0 Å². The van der Waals surface area contributed by atoms with Crippen molar-refractivity contribution < 1.29 is 0 Å². The van der Waals surface area contributed by atoms with Crippen molar-refractivity contribution in [3.05, 3.63) is 51.1 Å². The lowest BCUT2D eigenvalue weighted by molar-refractivity contribution is 0.119. The van der Waals surface area contributed by atoms with Crippen molar-refractivity contribution in [1.29, 1.82) is 0 Å². The number of aryl methyl sites for hydroxylation is 2. The van der Waals surface area contributed by atoms with Crippen molar-refractivity contribution in [3.8, 4) is 0 Å². The minimum atomic E-state index is -0.254. The molecule has 0 radical (unpaired) electrons. The van der Waals surface area contributed by atoms with E-state index in [1.54, 1.807) is 0 Å². The fourth-order valence-electron chi connectivity index (χ4n) is 5.24. The summed E-state index contributed by atoms with van der Waals surface area (Å²) in [5.74, 6) is 0.801. The van der Waals surface area contributed by atoms with Crippen LogP contribution in [0.4, 0.5) is 0 Å². The first-order chi connectivity index (χ1) is 15.5. The van der Waals surface area contributed by atoms with Crippen LogP contribution < -0.4 is 5.56 Å². The minimum absolute atomic E-state index is 0.0529. The number of benzene rings is 1. The number of rotatable bonds is 4. The van der Waals surface area contributed by atoms with Gasteiger partial charge in [0.15, 0.2) is 5.82 Å². The molecule has 8 nitrogen and oxygen atoms in total. The molecule has 1 saturated heterocycles. The van der Waals surface area contributed by atoms with Crippen molar-refractivity contribution >= 4 is 10.9 Å². The van der Waals surface area contributed by atoms with Crippen LogP contribution in [0.3, 0.4) is 0 Å². The van der Waals surface area contributed by atoms with Crippen LogP contribution in [0.5, 0.6) is 0 Å². The fraction of sp³-hybridized carbons (Fsp3) is 0.583. The predicted molar refractivity (Wildman–Crippen MR) is 125 cm³/mol. The largest absolute Gasteiger partial charge is 0.322 e. The number of hydrogen-bond acceptors (Lipinski definition) is 6. The predicted octanol–water partition coefficient (Wildman–Crippen LogP) is 2.97. The molecule has 1 unspecified atom stereocenters. The van der Waals surface area contributed by atoms with Crippen LogP contribution in [0.15, 0.2) is 23.0 Å². The van der Waals surface area contributed by atoms with Gasteiger partial charge < -0.3 is 9.88 Å². The van der Waals surface area contributed by atoms with Gasteiger partial charge in [-0.15, -0.1) is 5.10 Å². The summed E-state index contributed by atoms with van der Waals surface area (Å²) in [5.41, 5.74) is 3.96. The van der Waals surface area contributed by atoms with Crippen LogP contribution in [0, 0.1) is 13.8 Å². The van der Waals surface area contributed by atoms with Crippen molar-refractivity contribution in [2.24, 2.45) is 0 Å². The van der Waals surface area contributed by atoms with Gasteiger partial charge >= 0.3 is 0 Å². The number of tetrazole rings is 1. The first-order valence-corrected chi connectivity index (χ1v) is 11.9. The minimum Gasteiger partial charge on any atom is -0.322 e. The molecule has 1 aliphatic heterocycles. The summed E-state index contributed by atoms with van der Waals surface area (Å²) in [4.78, 5) is 21.2. The second-order valence-corrected chi connectivity index (χ2v) is 9.59. The lowest BCUT2D eigenvalue weighted by Gasteiger charge is -2.37. The summed E-state index contributed by atoms with van der Waals surface area (Å²) in [5, 5.41) is 14.1. The highest BCUT2D eigenvalue weighted by Gasteiger charge is 2.34. The Kier molecular flexibility index (Phi) is 5.82. The molecule has 2 aliphatic rings. The van der Waals surface area contributed by atoms with Crippen molar-refractivity contribution in [2.45, 2.75) is 58.0 Å². The number of hydrogen-bond donors (Lipinski definition) is 1. The first-order valence-electron chi connectivity index (χ1n) is 11.9. The number of nitrogens with one attached hydrogen (secondary N) is 1. The van der Waals surface area contributed by atoms with Crippen molar-refractivity contribution in [3.63, 3.8) is 0 Å². The van der Waals surface area contributed by atoms with E-state index in [0.717, 1.165) is 61.3 Å². The van der Waals surface area contributed by atoms with Gasteiger partial charge in [-0.05, 0) is 78.9 Å². The number of nitrogens with zero attached hydrogens (tertiary/aromatic N) is 6. The zero-order chi connectivity index (χ0) is 22.2. The monoisotopic (exact) mass is 435 g/mol. The molecule has 0 bridgehead atoms. The van der Waals surface area contributed by atoms with Crippen LogP contribution in [-0.2, 0) is 0 Å². The van der Waals surface area contributed by atoms with Crippen LogP contribution in [0.2, 0.25) is 0 Å². The Hall–Kier alpha value is -2.58. The van der Waals surface area contributed by atoms with Gasteiger partial charge in [-0.3, -0.25) is 9.69 Å². The zero-order valence-electron chi connectivity index (χ0n) is 19.3. The summed E-state index contributed by atoms with van der Waals surface area (Å²) in [6.07, 6.45) is 5.88. The Labute approximate surface area is 188 Å². The van der Waals surface area contributed by atoms with E-state index in [1.807, 2.05) is 4.68 Å². The van der Waals surface area contributed by atoms with E-state index in [2.05, 4.69) is 69.4 Å². The Balaban J connectivity index is 1.63. The molecule has 0 spiro atoms. The van der Waals surface area contributed by atoms with E-state index in [1.165, 1.54) is 30.4 Å². The number of aromatic amines is 1. The number of pyridine rings is 1. The summed E-state index contributed by atoms with van der Waals surface area (Å²) in [7, 11) is 2.15. The SMILES string of the molecule is Cc1cc2cc(C(c3nnnn3C3CCCCC3)N3CCN(C)CC3)c(=O)[nH]c2cc1C. The third kappa shape index (κ3) is 3.97. The third-order valence-electron chi connectivity index (χ3n) is 7.37. The van der Waals surface area contributed by atoms with E-state index in [0.29, 0.717) is 6.04 Å². The van der Waals surface area contributed by atoms with Gasteiger partial charge in [0.05, 0.1) is 6.04 Å². The summed E-state index contributed by atoms with van der Waals surface area (Å²) >= 11 is 0. The number of aromatic nitrogens is 5. The average molecular weight is 436 g/mol. The first kappa shape index (κ1) is 21.3. The molecule has 2 aromatic heterocycles. The number of piperazine rings is 1. The highest BCUT2D eigenvalue weighted by molar-refractivity contribution is 5.81. The van der Waals surface area contributed by atoms with Gasteiger partial charge in [0.1, 0.15) is 6.04 Å². The number of likely N-dealkylation sites (N-methyl/N-ethyl adjacent to an activating group) is 1. The lowest BCUT2D eigenvalue weighted by Crippen LogP contribution is -2.47. The maximum atomic E-state index is 13.4. The molecule has 2 fully saturated rings. The molecule has 170 valence electrons. The molecule has 32 heavy (non-hydrogen) atoms. The van der Waals surface area contributed by atoms with Gasteiger partial charge in [-0.25, -0.2) is 4.68 Å². The van der Waals surface area contributed by atoms with Crippen LogP contribution in [-0.4, -0.2) is 68.2 Å². The second-order valence-electron chi connectivity index (χ2n) is 9.59. The summed E-state index contributed by atoms with van der Waals surface area (Å²) in [6, 6.07) is 6.34. The molecule has 1 atom stereocenters. The molecule has 5 rings (SSSR count). The van der Waals surface area contributed by atoms with Gasteiger partial charge in [-0.2, -0.15) is 0 Å². The zero-order valence-corrected chi connectivity index (χ0v) is 19.3. The molecule has 1 N–H and O–H groups in total. The topological polar surface area (TPSA) is 82.9 Å². The smallest absolute Gasteiger partial charge is 0.253 e. The van der Waals surface area contributed by atoms with Gasteiger partial charge in [-0.1, -0.05) is 19.3 Å². The van der Waals surface area contributed by atoms with E-state index >= 15 is 0 Å². The molecule has 0 amide bonds. The quantitative estimate of drug-likeness (QED) is 0.678. The van der Waals surface area contributed by atoms with E-state index in [9.17, 15) is 4.79 Å². The Bertz CT molecular complexity index is 1150. The molecular formula is C24H33N7O. The fourth-order valence-corrected chi connectivity index (χ4v) is 5.24. The molecule has 8 heteroatoms.